The predicted molar refractivity (Wildman–Crippen MR) is 127 cm³/mol. The van der Waals surface area contributed by atoms with E-state index >= 15 is 0 Å². The SMILES string of the molecule is O=P12c3ccccc3Oc3ccc(-c4ccc5ncccc5c4)c(c31)Oc1ccccc12. The van der Waals surface area contributed by atoms with Crippen molar-refractivity contribution in [2.24, 2.45) is 0 Å². The molecule has 0 fully saturated rings. The molecular weight excluding hydrogens is 417 g/mol. The molecule has 0 saturated heterocycles. The van der Waals surface area contributed by atoms with Gasteiger partial charge in [-0.25, -0.2) is 0 Å². The number of aromatic nitrogens is 1. The number of pyridine rings is 1. The molecule has 1 aromatic heterocycles. The van der Waals surface area contributed by atoms with Crippen molar-refractivity contribution in [3.05, 3.63) is 97.2 Å². The Hall–Kier alpha value is -3.88. The molecule has 0 spiro atoms. The van der Waals surface area contributed by atoms with Gasteiger partial charge in [-0.3, -0.25) is 4.98 Å². The molecule has 152 valence electrons. The summed E-state index contributed by atoms with van der Waals surface area (Å²) in [4.78, 5) is 4.42. The molecule has 0 saturated carbocycles. The smallest absolute Gasteiger partial charge is 0.185 e. The number of para-hydroxylation sites is 2. The molecule has 32 heavy (non-hydrogen) atoms. The highest BCUT2D eigenvalue weighted by molar-refractivity contribution is 7.86. The quantitative estimate of drug-likeness (QED) is 0.309. The van der Waals surface area contributed by atoms with Crippen LogP contribution >= 0.6 is 7.14 Å². The number of benzene rings is 4. The number of hydrogen-bond donors (Lipinski definition) is 0. The highest BCUT2D eigenvalue weighted by Crippen LogP contribution is 2.59. The van der Waals surface area contributed by atoms with Crippen molar-refractivity contribution in [1.82, 2.24) is 4.98 Å². The fourth-order valence-corrected chi connectivity index (χ4v) is 7.79. The summed E-state index contributed by atoms with van der Waals surface area (Å²) < 4.78 is 27.6. The Morgan fingerprint density at radius 1 is 0.688 bits per heavy atom. The summed E-state index contributed by atoms with van der Waals surface area (Å²) in [6, 6.07) is 29.2. The lowest BCUT2D eigenvalue weighted by Gasteiger charge is -2.35. The van der Waals surface area contributed by atoms with Crippen LogP contribution in [0.25, 0.3) is 22.0 Å². The van der Waals surface area contributed by atoms with Gasteiger partial charge in [0.1, 0.15) is 28.3 Å². The van der Waals surface area contributed by atoms with Crippen LogP contribution in [0.3, 0.4) is 0 Å². The third-order valence-electron chi connectivity index (χ3n) is 6.16. The van der Waals surface area contributed by atoms with Gasteiger partial charge in [-0.2, -0.15) is 0 Å². The van der Waals surface area contributed by atoms with Gasteiger partial charge >= 0.3 is 0 Å². The van der Waals surface area contributed by atoms with Crippen LogP contribution in [-0.4, -0.2) is 4.98 Å². The average Bonchev–Trinajstić information content (AvgIpc) is 2.84. The van der Waals surface area contributed by atoms with Crippen molar-refractivity contribution in [3.63, 3.8) is 0 Å². The lowest BCUT2D eigenvalue weighted by atomic mass is 10.0. The summed E-state index contributed by atoms with van der Waals surface area (Å²) in [7, 11) is -3.17. The van der Waals surface area contributed by atoms with E-state index in [-0.39, 0.29) is 0 Å². The number of rotatable bonds is 1. The molecule has 3 heterocycles. The lowest BCUT2D eigenvalue weighted by Crippen LogP contribution is -2.35. The summed E-state index contributed by atoms with van der Waals surface area (Å²) in [5.41, 5.74) is 2.79. The molecular formula is C27H16NO3P. The van der Waals surface area contributed by atoms with Crippen LogP contribution in [0.15, 0.2) is 97.2 Å². The predicted octanol–water partition coefficient (Wildman–Crippen LogP) is 5.75. The van der Waals surface area contributed by atoms with Crippen molar-refractivity contribution in [3.8, 4) is 34.1 Å². The van der Waals surface area contributed by atoms with E-state index in [0.29, 0.717) is 38.9 Å². The average molecular weight is 433 g/mol. The number of fused-ring (bicyclic) bond motifs is 5. The van der Waals surface area contributed by atoms with Crippen LogP contribution in [0.5, 0.6) is 23.0 Å². The van der Waals surface area contributed by atoms with Gasteiger partial charge in [0.25, 0.3) is 0 Å². The van der Waals surface area contributed by atoms with E-state index in [1.807, 2.05) is 84.9 Å². The van der Waals surface area contributed by atoms with Crippen LogP contribution in [0.2, 0.25) is 0 Å². The first-order valence-electron chi connectivity index (χ1n) is 10.4. The van der Waals surface area contributed by atoms with E-state index in [9.17, 15) is 4.57 Å². The Morgan fingerprint density at radius 2 is 1.44 bits per heavy atom. The zero-order valence-corrected chi connectivity index (χ0v) is 17.8. The maximum atomic E-state index is 15.0. The first-order valence-corrected chi connectivity index (χ1v) is 12.1. The van der Waals surface area contributed by atoms with Gasteiger partial charge in [0, 0.05) is 17.1 Å². The zero-order valence-electron chi connectivity index (χ0n) is 16.9. The molecule has 0 radical (unpaired) electrons. The molecule has 1 unspecified atom stereocenters. The molecule has 0 N–H and O–H groups in total. The molecule has 4 nitrogen and oxygen atoms in total. The van der Waals surface area contributed by atoms with E-state index in [1.54, 1.807) is 6.20 Å². The van der Waals surface area contributed by atoms with Crippen molar-refractivity contribution < 1.29 is 14.0 Å². The minimum atomic E-state index is -3.17. The number of ether oxygens (including phenoxy) is 2. The van der Waals surface area contributed by atoms with Crippen LogP contribution < -0.4 is 25.4 Å². The fourth-order valence-electron chi connectivity index (χ4n) is 4.71. The monoisotopic (exact) mass is 433 g/mol. The topological polar surface area (TPSA) is 48.4 Å². The Bertz CT molecular complexity index is 1610. The van der Waals surface area contributed by atoms with Crippen LogP contribution in [0.4, 0.5) is 0 Å². The van der Waals surface area contributed by atoms with Crippen molar-refractivity contribution in [2.75, 3.05) is 0 Å². The van der Waals surface area contributed by atoms with Crippen LogP contribution in [0, 0.1) is 0 Å². The maximum absolute atomic E-state index is 15.0. The van der Waals surface area contributed by atoms with Crippen molar-refractivity contribution in [1.29, 1.82) is 0 Å². The highest BCUT2D eigenvalue weighted by Gasteiger charge is 2.46. The van der Waals surface area contributed by atoms with Gasteiger partial charge in [-0.15, -0.1) is 0 Å². The summed E-state index contributed by atoms with van der Waals surface area (Å²) >= 11 is 0. The van der Waals surface area contributed by atoms with Crippen molar-refractivity contribution >= 4 is 34.0 Å². The molecule has 0 aliphatic carbocycles. The molecule has 5 heteroatoms. The fraction of sp³-hybridized carbons (Fsp3) is 0. The number of nitrogens with zero attached hydrogens (tertiary/aromatic N) is 1. The van der Waals surface area contributed by atoms with Gasteiger partial charge in [0.2, 0.25) is 0 Å². The largest absolute Gasteiger partial charge is 0.456 e. The number of hydrogen-bond acceptors (Lipinski definition) is 4. The second-order valence-electron chi connectivity index (χ2n) is 7.95. The van der Waals surface area contributed by atoms with E-state index in [2.05, 4.69) is 11.1 Å². The van der Waals surface area contributed by atoms with E-state index < -0.39 is 7.14 Å². The second kappa shape index (κ2) is 6.32. The van der Waals surface area contributed by atoms with Crippen molar-refractivity contribution in [2.45, 2.75) is 0 Å². The first kappa shape index (κ1) is 17.8. The highest BCUT2D eigenvalue weighted by atomic mass is 31.2. The molecule has 2 aliphatic rings. The molecule has 2 aliphatic heterocycles. The van der Waals surface area contributed by atoms with Gasteiger partial charge in [0.15, 0.2) is 7.14 Å². The normalized spacial score (nSPS) is 17.5. The van der Waals surface area contributed by atoms with Crippen LogP contribution in [0.1, 0.15) is 0 Å². The van der Waals surface area contributed by atoms with Gasteiger partial charge in [0.05, 0.1) is 16.1 Å². The first-order chi connectivity index (χ1) is 15.7. The molecule has 7 rings (SSSR count). The summed E-state index contributed by atoms with van der Waals surface area (Å²) in [5.74, 6) is 2.45. The summed E-state index contributed by atoms with van der Waals surface area (Å²) in [5, 5.41) is 3.10. The molecule has 4 aromatic carbocycles. The van der Waals surface area contributed by atoms with Gasteiger partial charge in [-0.1, -0.05) is 36.4 Å². The third-order valence-corrected chi connectivity index (χ3v) is 9.31. The molecule has 5 aromatic rings. The zero-order chi connectivity index (χ0) is 21.3. The minimum Gasteiger partial charge on any atom is -0.456 e. The molecule has 0 bridgehead atoms. The summed E-state index contributed by atoms with van der Waals surface area (Å²) in [6.45, 7) is 0. The van der Waals surface area contributed by atoms with Gasteiger partial charge in [-0.05, 0) is 60.2 Å². The Labute approximate surface area is 184 Å². The minimum absolute atomic E-state index is 0.586. The standard InChI is InChI=1S/C27H16NO3P/c29-32-24-9-3-1-7-21(24)30-23-14-12-19(17-11-13-20-18(16-17)6-5-15-28-20)26(27(23)32)31-22-8-2-4-10-25(22)32/h1-16H. The Morgan fingerprint density at radius 3 is 2.25 bits per heavy atom. The van der Waals surface area contributed by atoms with E-state index in [0.717, 1.165) is 22.0 Å². The summed E-state index contributed by atoms with van der Waals surface area (Å²) in [6.07, 6.45) is 1.79. The van der Waals surface area contributed by atoms with Crippen LogP contribution in [-0.2, 0) is 4.57 Å². The Balaban J connectivity index is 1.56. The maximum Gasteiger partial charge on any atom is 0.185 e. The lowest BCUT2D eigenvalue weighted by molar-refractivity contribution is 0.463. The van der Waals surface area contributed by atoms with Gasteiger partial charge < -0.3 is 14.0 Å². The Kier molecular flexibility index (Phi) is 3.51. The van der Waals surface area contributed by atoms with E-state index in [4.69, 9.17) is 9.47 Å². The molecule has 1 atom stereocenters. The second-order valence-corrected chi connectivity index (χ2v) is 10.6. The third kappa shape index (κ3) is 2.27. The molecule has 0 amide bonds. The van der Waals surface area contributed by atoms with E-state index in [1.165, 1.54) is 0 Å².